The third-order valence-electron chi connectivity index (χ3n) is 4.25. The molecule has 3 aromatic rings. The summed E-state index contributed by atoms with van der Waals surface area (Å²) in [5, 5.41) is 3.89. The van der Waals surface area contributed by atoms with E-state index in [2.05, 4.69) is 10.3 Å². The lowest BCUT2D eigenvalue weighted by Gasteiger charge is -2.22. The molecule has 0 spiro atoms. The summed E-state index contributed by atoms with van der Waals surface area (Å²) in [7, 11) is 0. The highest BCUT2D eigenvalue weighted by Crippen LogP contribution is 2.18. The van der Waals surface area contributed by atoms with Gasteiger partial charge >= 0.3 is 6.03 Å². The van der Waals surface area contributed by atoms with E-state index in [0.29, 0.717) is 13.1 Å². The first-order valence-electron chi connectivity index (χ1n) is 8.31. The molecule has 2 aromatic carbocycles. The topological polar surface area (TPSA) is 65.2 Å². The lowest BCUT2D eigenvalue weighted by Crippen LogP contribution is -2.34. The van der Waals surface area contributed by atoms with Gasteiger partial charge in [-0.05, 0) is 37.1 Å². The van der Waals surface area contributed by atoms with Gasteiger partial charge in [-0.2, -0.15) is 0 Å². The predicted octanol–water partition coefficient (Wildman–Crippen LogP) is 3.89. The van der Waals surface area contributed by atoms with Gasteiger partial charge in [-0.15, -0.1) is 0 Å². The number of hydrogen-bond donors (Lipinski definition) is 2. The minimum atomic E-state index is -0.179. The molecule has 5 heteroatoms. The molecule has 0 aliphatic heterocycles. The van der Waals surface area contributed by atoms with Crippen molar-refractivity contribution in [1.82, 2.24) is 9.88 Å². The number of para-hydroxylation sites is 2. The molecule has 3 rings (SSSR count). The van der Waals surface area contributed by atoms with E-state index >= 15 is 0 Å². The first kappa shape index (κ1) is 16.8. The summed E-state index contributed by atoms with van der Waals surface area (Å²) in [4.78, 5) is 29.1. The standard InChI is InChI=1S/C20H21N3O2/c1-3-23(20(25)22-17-10-6-4-8-14(17)2)13-15-12-19(24)21-18-11-7-5-9-16(15)18/h4-12H,3,13H2,1-2H3,(H,21,24)(H,22,25). The number of benzene rings is 2. The zero-order chi connectivity index (χ0) is 17.8. The Morgan fingerprint density at radius 3 is 2.60 bits per heavy atom. The number of amides is 2. The summed E-state index contributed by atoms with van der Waals surface area (Å²) in [6.07, 6.45) is 0. The van der Waals surface area contributed by atoms with Crippen LogP contribution < -0.4 is 10.9 Å². The summed E-state index contributed by atoms with van der Waals surface area (Å²) in [6, 6.07) is 16.7. The van der Waals surface area contributed by atoms with Crippen LogP contribution in [-0.2, 0) is 6.54 Å². The van der Waals surface area contributed by atoms with Crippen LogP contribution in [0.1, 0.15) is 18.1 Å². The first-order chi connectivity index (χ1) is 12.1. The minimum Gasteiger partial charge on any atom is -0.322 e. The fourth-order valence-electron chi connectivity index (χ4n) is 2.85. The van der Waals surface area contributed by atoms with Gasteiger partial charge in [0, 0.05) is 35.7 Å². The number of rotatable bonds is 4. The van der Waals surface area contributed by atoms with Crippen LogP contribution in [-0.4, -0.2) is 22.5 Å². The van der Waals surface area contributed by atoms with E-state index in [0.717, 1.165) is 27.7 Å². The summed E-state index contributed by atoms with van der Waals surface area (Å²) in [5.41, 5.74) is 3.25. The van der Waals surface area contributed by atoms with Crippen LogP contribution in [0.15, 0.2) is 59.4 Å². The number of fused-ring (bicyclic) bond motifs is 1. The largest absolute Gasteiger partial charge is 0.322 e. The van der Waals surface area contributed by atoms with Gasteiger partial charge in [0.05, 0.1) is 0 Å². The third-order valence-corrected chi connectivity index (χ3v) is 4.25. The molecule has 0 bridgehead atoms. The average Bonchev–Trinajstić information content (AvgIpc) is 2.61. The molecule has 0 aliphatic carbocycles. The number of nitrogens with zero attached hydrogens (tertiary/aromatic N) is 1. The first-order valence-corrected chi connectivity index (χ1v) is 8.31. The van der Waals surface area contributed by atoms with Gasteiger partial charge in [-0.3, -0.25) is 4.79 Å². The van der Waals surface area contributed by atoms with Crippen LogP contribution in [0.25, 0.3) is 10.9 Å². The van der Waals surface area contributed by atoms with Crippen LogP contribution >= 0.6 is 0 Å². The Labute approximate surface area is 146 Å². The molecule has 5 nitrogen and oxygen atoms in total. The molecule has 1 heterocycles. The average molecular weight is 335 g/mol. The smallest absolute Gasteiger partial charge is 0.322 e. The maximum Gasteiger partial charge on any atom is 0.322 e. The van der Waals surface area contributed by atoms with Crippen molar-refractivity contribution in [3.63, 3.8) is 0 Å². The molecular formula is C20H21N3O2. The molecule has 2 N–H and O–H groups in total. The molecular weight excluding hydrogens is 314 g/mol. The van der Waals surface area contributed by atoms with Gasteiger partial charge in [0.1, 0.15) is 0 Å². The van der Waals surface area contributed by atoms with Crippen LogP contribution in [0.4, 0.5) is 10.5 Å². The summed E-state index contributed by atoms with van der Waals surface area (Å²) in [5.74, 6) is 0. The number of urea groups is 1. The van der Waals surface area contributed by atoms with E-state index in [1.807, 2.05) is 62.4 Å². The molecule has 0 saturated heterocycles. The third kappa shape index (κ3) is 3.71. The normalized spacial score (nSPS) is 10.6. The zero-order valence-corrected chi connectivity index (χ0v) is 14.4. The van der Waals surface area contributed by atoms with Gasteiger partial charge < -0.3 is 15.2 Å². The Balaban J connectivity index is 1.86. The fourth-order valence-corrected chi connectivity index (χ4v) is 2.85. The van der Waals surface area contributed by atoms with Gasteiger partial charge in [0.2, 0.25) is 5.56 Å². The lowest BCUT2D eigenvalue weighted by atomic mass is 10.1. The highest BCUT2D eigenvalue weighted by molar-refractivity contribution is 5.90. The van der Waals surface area contributed by atoms with E-state index in [1.54, 1.807) is 11.0 Å². The second-order valence-corrected chi connectivity index (χ2v) is 5.96. The number of H-pyrrole nitrogens is 1. The lowest BCUT2D eigenvalue weighted by molar-refractivity contribution is 0.212. The maximum absolute atomic E-state index is 12.7. The van der Waals surface area contributed by atoms with Gasteiger partial charge in [-0.1, -0.05) is 36.4 Å². The molecule has 0 radical (unpaired) electrons. The molecule has 2 amide bonds. The highest BCUT2D eigenvalue weighted by atomic mass is 16.2. The second-order valence-electron chi connectivity index (χ2n) is 5.96. The Hall–Kier alpha value is -3.08. The van der Waals surface area contributed by atoms with Crippen LogP contribution in [0.5, 0.6) is 0 Å². The van der Waals surface area contributed by atoms with E-state index in [-0.39, 0.29) is 11.6 Å². The Kier molecular flexibility index (Phi) is 4.84. The zero-order valence-electron chi connectivity index (χ0n) is 14.4. The van der Waals surface area contributed by atoms with Crippen molar-refractivity contribution in [3.05, 3.63) is 76.1 Å². The number of anilines is 1. The molecule has 0 aliphatic rings. The van der Waals surface area contributed by atoms with Gasteiger partial charge in [0.25, 0.3) is 0 Å². The number of aromatic amines is 1. The van der Waals surface area contributed by atoms with Crippen molar-refractivity contribution in [2.75, 3.05) is 11.9 Å². The Bertz CT molecular complexity index is 962. The summed E-state index contributed by atoms with van der Waals surface area (Å²) < 4.78 is 0. The predicted molar refractivity (Wildman–Crippen MR) is 101 cm³/mol. The van der Waals surface area contributed by atoms with Crippen molar-refractivity contribution < 1.29 is 4.79 Å². The molecule has 0 saturated carbocycles. The van der Waals surface area contributed by atoms with E-state index in [1.165, 1.54) is 0 Å². The molecule has 0 atom stereocenters. The van der Waals surface area contributed by atoms with E-state index in [4.69, 9.17) is 0 Å². The van der Waals surface area contributed by atoms with Gasteiger partial charge in [0.15, 0.2) is 0 Å². The molecule has 0 fully saturated rings. The number of carbonyl (C=O) groups is 1. The molecule has 0 unspecified atom stereocenters. The number of hydrogen-bond acceptors (Lipinski definition) is 2. The molecule has 128 valence electrons. The Morgan fingerprint density at radius 2 is 1.84 bits per heavy atom. The van der Waals surface area contributed by atoms with E-state index < -0.39 is 0 Å². The summed E-state index contributed by atoms with van der Waals surface area (Å²) >= 11 is 0. The van der Waals surface area contributed by atoms with Gasteiger partial charge in [-0.25, -0.2) is 4.79 Å². The van der Waals surface area contributed by atoms with Crippen molar-refractivity contribution >= 4 is 22.6 Å². The van der Waals surface area contributed by atoms with Crippen molar-refractivity contribution in [3.8, 4) is 0 Å². The number of pyridine rings is 1. The Morgan fingerprint density at radius 1 is 1.12 bits per heavy atom. The monoisotopic (exact) mass is 335 g/mol. The van der Waals surface area contributed by atoms with Crippen LogP contribution in [0.3, 0.4) is 0 Å². The summed E-state index contributed by atoms with van der Waals surface area (Å²) in [6.45, 7) is 4.79. The minimum absolute atomic E-state index is 0.163. The van der Waals surface area contributed by atoms with Crippen LogP contribution in [0, 0.1) is 6.92 Å². The highest BCUT2D eigenvalue weighted by Gasteiger charge is 2.15. The number of aryl methyl sites for hydroxylation is 1. The SMILES string of the molecule is CCN(Cc1cc(=O)[nH]c2ccccc12)C(=O)Nc1ccccc1C. The fraction of sp³-hybridized carbons (Fsp3) is 0.200. The number of carbonyl (C=O) groups excluding carboxylic acids is 1. The van der Waals surface area contributed by atoms with Crippen LogP contribution in [0.2, 0.25) is 0 Å². The van der Waals surface area contributed by atoms with Crippen molar-refractivity contribution in [2.24, 2.45) is 0 Å². The van der Waals surface area contributed by atoms with Crippen molar-refractivity contribution in [2.45, 2.75) is 20.4 Å². The molecule has 25 heavy (non-hydrogen) atoms. The number of aromatic nitrogens is 1. The number of nitrogens with one attached hydrogen (secondary N) is 2. The van der Waals surface area contributed by atoms with Crippen molar-refractivity contribution in [1.29, 1.82) is 0 Å². The van der Waals surface area contributed by atoms with E-state index in [9.17, 15) is 9.59 Å². The second kappa shape index (κ2) is 7.21. The maximum atomic E-state index is 12.7. The quantitative estimate of drug-likeness (QED) is 0.759. The molecule has 1 aromatic heterocycles.